The van der Waals surface area contributed by atoms with Gasteiger partial charge in [0.1, 0.15) is 11.6 Å². The first-order chi connectivity index (χ1) is 7.66. The number of nitrogens with one attached hydrogen (secondary N) is 1. The SMILES string of the molecule is Nc1nc(NC2CCCSC2)c(Cl)cc1Cl. The van der Waals surface area contributed by atoms with E-state index in [1.807, 2.05) is 11.8 Å². The maximum absolute atomic E-state index is 6.05. The summed E-state index contributed by atoms with van der Waals surface area (Å²) in [4.78, 5) is 4.16. The lowest BCUT2D eigenvalue weighted by molar-refractivity contribution is 0.682. The van der Waals surface area contributed by atoms with Gasteiger partial charge >= 0.3 is 0 Å². The summed E-state index contributed by atoms with van der Waals surface area (Å²) in [5.41, 5.74) is 5.65. The van der Waals surface area contributed by atoms with Crippen molar-refractivity contribution in [2.45, 2.75) is 18.9 Å². The summed E-state index contributed by atoms with van der Waals surface area (Å²) in [7, 11) is 0. The number of hydrogen-bond donors (Lipinski definition) is 2. The molecular formula is C10H13Cl2N3S. The van der Waals surface area contributed by atoms with E-state index in [0.29, 0.717) is 27.7 Å². The molecule has 1 aliphatic heterocycles. The predicted molar refractivity (Wildman–Crippen MR) is 72.6 cm³/mol. The molecule has 0 aromatic carbocycles. The number of pyridine rings is 1. The van der Waals surface area contributed by atoms with Gasteiger partial charge in [-0.2, -0.15) is 11.8 Å². The molecule has 0 amide bonds. The summed E-state index contributed by atoms with van der Waals surface area (Å²) in [6, 6.07) is 2.05. The molecule has 1 saturated heterocycles. The second-order valence-electron chi connectivity index (χ2n) is 3.74. The Morgan fingerprint density at radius 2 is 2.25 bits per heavy atom. The van der Waals surface area contributed by atoms with Crippen LogP contribution in [0, 0.1) is 0 Å². The standard InChI is InChI=1S/C10H13Cl2N3S/c11-7-4-8(12)10(15-9(7)13)14-6-2-1-3-16-5-6/h4,6H,1-3,5H2,(H3,13,14,15). The normalized spacial score (nSPS) is 20.8. The fourth-order valence-electron chi connectivity index (χ4n) is 1.63. The molecule has 2 heterocycles. The van der Waals surface area contributed by atoms with Crippen LogP contribution in [0.15, 0.2) is 6.07 Å². The summed E-state index contributed by atoms with van der Waals surface area (Å²) in [5, 5.41) is 4.23. The van der Waals surface area contributed by atoms with Gasteiger partial charge < -0.3 is 11.1 Å². The first-order valence-corrected chi connectivity index (χ1v) is 7.03. The van der Waals surface area contributed by atoms with Crippen molar-refractivity contribution in [2.24, 2.45) is 0 Å². The lowest BCUT2D eigenvalue weighted by Crippen LogP contribution is -2.26. The second-order valence-corrected chi connectivity index (χ2v) is 5.71. The third-order valence-electron chi connectivity index (χ3n) is 2.46. The van der Waals surface area contributed by atoms with E-state index in [1.165, 1.54) is 12.2 Å². The molecule has 1 atom stereocenters. The molecule has 0 radical (unpaired) electrons. The third kappa shape index (κ3) is 2.87. The van der Waals surface area contributed by atoms with Crippen molar-refractivity contribution in [2.75, 3.05) is 22.6 Å². The molecule has 3 N–H and O–H groups in total. The Morgan fingerprint density at radius 1 is 1.44 bits per heavy atom. The average Bonchev–Trinajstić information content (AvgIpc) is 2.27. The number of thioether (sulfide) groups is 1. The van der Waals surface area contributed by atoms with Gasteiger partial charge in [-0.05, 0) is 24.7 Å². The van der Waals surface area contributed by atoms with Crippen LogP contribution in [0.1, 0.15) is 12.8 Å². The number of hydrogen-bond acceptors (Lipinski definition) is 4. The van der Waals surface area contributed by atoms with E-state index in [0.717, 1.165) is 12.2 Å². The maximum Gasteiger partial charge on any atom is 0.147 e. The summed E-state index contributed by atoms with van der Waals surface area (Å²) in [5.74, 6) is 3.27. The first kappa shape index (κ1) is 12.1. The van der Waals surface area contributed by atoms with Crippen LogP contribution in [-0.4, -0.2) is 22.5 Å². The highest BCUT2D eigenvalue weighted by molar-refractivity contribution is 7.99. The van der Waals surface area contributed by atoms with Crippen molar-refractivity contribution in [1.82, 2.24) is 4.98 Å². The smallest absolute Gasteiger partial charge is 0.147 e. The van der Waals surface area contributed by atoms with Gasteiger partial charge in [-0.1, -0.05) is 23.2 Å². The Hall–Kier alpha value is -0.320. The van der Waals surface area contributed by atoms with E-state index >= 15 is 0 Å². The Labute approximate surface area is 109 Å². The van der Waals surface area contributed by atoms with Gasteiger partial charge in [-0.3, -0.25) is 0 Å². The maximum atomic E-state index is 6.05. The number of nitrogen functional groups attached to an aromatic ring is 1. The molecule has 1 fully saturated rings. The van der Waals surface area contributed by atoms with Gasteiger partial charge in [0.2, 0.25) is 0 Å². The van der Waals surface area contributed by atoms with E-state index in [-0.39, 0.29) is 0 Å². The van der Waals surface area contributed by atoms with E-state index in [1.54, 1.807) is 6.07 Å². The second kappa shape index (κ2) is 5.34. The highest BCUT2D eigenvalue weighted by Crippen LogP contribution is 2.29. The van der Waals surface area contributed by atoms with E-state index in [2.05, 4.69) is 10.3 Å². The molecule has 88 valence electrons. The Balaban J connectivity index is 2.11. The zero-order chi connectivity index (χ0) is 11.5. The van der Waals surface area contributed by atoms with Crippen LogP contribution in [0.3, 0.4) is 0 Å². The fraction of sp³-hybridized carbons (Fsp3) is 0.500. The van der Waals surface area contributed by atoms with Gasteiger partial charge in [0.25, 0.3) is 0 Å². The molecule has 2 rings (SSSR count). The van der Waals surface area contributed by atoms with Crippen LogP contribution in [0.25, 0.3) is 0 Å². The van der Waals surface area contributed by atoms with Gasteiger partial charge in [0, 0.05) is 11.8 Å². The largest absolute Gasteiger partial charge is 0.382 e. The van der Waals surface area contributed by atoms with E-state index in [4.69, 9.17) is 28.9 Å². The lowest BCUT2D eigenvalue weighted by atomic mass is 10.2. The molecule has 0 saturated carbocycles. The van der Waals surface area contributed by atoms with Crippen molar-refractivity contribution in [3.63, 3.8) is 0 Å². The molecule has 1 aromatic heterocycles. The molecule has 3 nitrogen and oxygen atoms in total. The van der Waals surface area contributed by atoms with Crippen molar-refractivity contribution >= 4 is 46.6 Å². The molecular weight excluding hydrogens is 265 g/mol. The quantitative estimate of drug-likeness (QED) is 0.871. The van der Waals surface area contributed by atoms with Gasteiger partial charge in [-0.15, -0.1) is 0 Å². The van der Waals surface area contributed by atoms with Gasteiger partial charge in [0.15, 0.2) is 0 Å². The minimum Gasteiger partial charge on any atom is -0.382 e. The lowest BCUT2D eigenvalue weighted by Gasteiger charge is -2.23. The summed E-state index contributed by atoms with van der Waals surface area (Å²) >= 11 is 13.8. The molecule has 1 aliphatic rings. The summed E-state index contributed by atoms with van der Waals surface area (Å²) < 4.78 is 0. The van der Waals surface area contributed by atoms with E-state index < -0.39 is 0 Å². The molecule has 1 unspecified atom stereocenters. The molecule has 0 bridgehead atoms. The average molecular weight is 278 g/mol. The molecule has 0 aliphatic carbocycles. The van der Waals surface area contributed by atoms with Crippen molar-refractivity contribution in [3.05, 3.63) is 16.1 Å². The Kier molecular flexibility index (Phi) is 4.05. The van der Waals surface area contributed by atoms with Crippen LogP contribution in [-0.2, 0) is 0 Å². The monoisotopic (exact) mass is 277 g/mol. The number of nitrogens with zero attached hydrogens (tertiary/aromatic N) is 1. The van der Waals surface area contributed by atoms with Crippen LogP contribution in [0.4, 0.5) is 11.6 Å². The zero-order valence-electron chi connectivity index (χ0n) is 8.67. The highest BCUT2D eigenvalue weighted by Gasteiger charge is 2.16. The highest BCUT2D eigenvalue weighted by atomic mass is 35.5. The number of aromatic nitrogens is 1. The first-order valence-electron chi connectivity index (χ1n) is 5.12. The molecule has 1 aromatic rings. The zero-order valence-corrected chi connectivity index (χ0v) is 11.0. The van der Waals surface area contributed by atoms with Crippen LogP contribution in [0.2, 0.25) is 10.0 Å². The fourth-order valence-corrected chi connectivity index (χ4v) is 3.12. The summed E-state index contributed by atoms with van der Waals surface area (Å²) in [6.45, 7) is 0. The topological polar surface area (TPSA) is 50.9 Å². The van der Waals surface area contributed by atoms with Crippen LogP contribution >= 0.6 is 35.0 Å². The van der Waals surface area contributed by atoms with Crippen molar-refractivity contribution in [1.29, 1.82) is 0 Å². The van der Waals surface area contributed by atoms with Crippen LogP contribution in [0.5, 0.6) is 0 Å². The van der Waals surface area contributed by atoms with Gasteiger partial charge in [0.05, 0.1) is 10.0 Å². The van der Waals surface area contributed by atoms with Crippen molar-refractivity contribution in [3.8, 4) is 0 Å². The number of nitrogens with two attached hydrogens (primary N) is 1. The third-order valence-corrected chi connectivity index (χ3v) is 4.26. The minimum atomic E-state index is 0.317. The Bertz CT molecular complexity index is 381. The minimum absolute atomic E-state index is 0.317. The van der Waals surface area contributed by atoms with Crippen molar-refractivity contribution < 1.29 is 0 Å². The predicted octanol–water partition coefficient (Wildman–Crippen LogP) is 3.28. The number of halogens is 2. The van der Waals surface area contributed by atoms with Gasteiger partial charge in [-0.25, -0.2) is 4.98 Å². The van der Waals surface area contributed by atoms with E-state index in [9.17, 15) is 0 Å². The molecule has 0 spiro atoms. The Morgan fingerprint density at radius 3 is 2.94 bits per heavy atom. The number of anilines is 2. The molecule has 16 heavy (non-hydrogen) atoms. The number of rotatable bonds is 2. The molecule has 6 heteroatoms. The summed E-state index contributed by atoms with van der Waals surface area (Å²) in [6.07, 6.45) is 2.37. The van der Waals surface area contributed by atoms with Crippen LogP contribution < -0.4 is 11.1 Å².